The van der Waals surface area contributed by atoms with Gasteiger partial charge < -0.3 is 9.30 Å². The highest BCUT2D eigenvalue weighted by Crippen LogP contribution is 2.23. The Morgan fingerprint density at radius 2 is 1.96 bits per heavy atom. The van der Waals surface area contributed by atoms with Crippen LogP contribution in [0, 0.1) is 0 Å². The van der Waals surface area contributed by atoms with Crippen LogP contribution in [0.5, 0.6) is 0 Å². The van der Waals surface area contributed by atoms with Crippen LogP contribution in [0.1, 0.15) is 17.4 Å². The second kappa shape index (κ2) is 5.98. The maximum atomic E-state index is 12.4. The molecule has 0 aliphatic carbocycles. The van der Waals surface area contributed by atoms with Crippen molar-refractivity contribution in [2.45, 2.75) is 6.92 Å². The third-order valence-electron chi connectivity index (χ3n) is 4.10. The van der Waals surface area contributed by atoms with Gasteiger partial charge in [0.2, 0.25) is 11.4 Å². The molecule has 3 aromatic heterocycles. The second-order valence-electron chi connectivity index (χ2n) is 5.75. The van der Waals surface area contributed by atoms with Gasteiger partial charge in [-0.25, -0.2) is 14.8 Å². The van der Waals surface area contributed by atoms with E-state index in [1.54, 1.807) is 13.3 Å². The summed E-state index contributed by atoms with van der Waals surface area (Å²) < 4.78 is 9.00. The predicted molar refractivity (Wildman–Crippen MR) is 93.5 cm³/mol. The van der Waals surface area contributed by atoms with Gasteiger partial charge in [0.15, 0.2) is 12.4 Å². The Morgan fingerprint density at radius 3 is 2.72 bits per heavy atom. The number of hydrogen-bond donors (Lipinski definition) is 0. The lowest BCUT2D eigenvalue weighted by Gasteiger charge is -2.07. The van der Waals surface area contributed by atoms with E-state index in [1.165, 1.54) is 0 Å². The number of fused-ring (bicyclic) bond motifs is 2. The van der Waals surface area contributed by atoms with E-state index in [0.717, 1.165) is 21.9 Å². The minimum atomic E-state index is -0.430. The van der Waals surface area contributed by atoms with Crippen molar-refractivity contribution < 1.29 is 14.1 Å². The van der Waals surface area contributed by atoms with Crippen LogP contribution in [0.3, 0.4) is 0 Å². The molecule has 0 saturated heterocycles. The minimum absolute atomic E-state index is 0.298. The summed E-state index contributed by atoms with van der Waals surface area (Å²) in [6.45, 7) is 2.09. The molecule has 6 heteroatoms. The monoisotopic (exact) mass is 333 g/mol. The van der Waals surface area contributed by atoms with Gasteiger partial charge in [0.05, 0.1) is 29.5 Å². The van der Waals surface area contributed by atoms with E-state index in [4.69, 9.17) is 4.74 Å². The summed E-state index contributed by atoms with van der Waals surface area (Å²) in [7, 11) is 1.93. The molecule has 1 aromatic carbocycles. The summed E-state index contributed by atoms with van der Waals surface area (Å²) >= 11 is 0. The van der Waals surface area contributed by atoms with E-state index in [1.807, 2.05) is 65.0 Å². The van der Waals surface area contributed by atoms with E-state index in [-0.39, 0.29) is 0 Å². The molecule has 6 nitrogen and oxygen atoms in total. The molecule has 0 aliphatic heterocycles. The first-order valence-corrected chi connectivity index (χ1v) is 8.07. The van der Waals surface area contributed by atoms with Crippen molar-refractivity contribution in [3.05, 3.63) is 60.8 Å². The van der Waals surface area contributed by atoms with Crippen LogP contribution in [-0.2, 0) is 11.8 Å². The van der Waals surface area contributed by atoms with E-state index in [0.29, 0.717) is 18.0 Å². The lowest BCUT2D eigenvalue weighted by Crippen LogP contribution is -2.32. The topological polar surface area (TPSA) is 60.9 Å². The van der Waals surface area contributed by atoms with Crippen molar-refractivity contribution in [3.63, 3.8) is 0 Å². The Balaban J connectivity index is 2.01. The number of hydrogen-bond acceptors (Lipinski definition) is 4. The zero-order valence-corrected chi connectivity index (χ0v) is 14.0. The van der Waals surface area contributed by atoms with Crippen molar-refractivity contribution in [1.82, 2.24) is 14.5 Å². The van der Waals surface area contributed by atoms with Gasteiger partial charge in [0.1, 0.15) is 0 Å². The molecule has 124 valence electrons. The van der Waals surface area contributed by atoms with Crippen LogP contribution in [0.25, 0.3) is 27.6 Å². The number of carbonyl (C=O) groups excluding carboxylic acids is 1. The van der Waals surface area contributed by atoms with Gasteiger partial charge in [-0.1, -0.05) is 6.07 Å². The lowest BCUT2D eigenvalue weighted by molar-refractivity contribution is -0.596. The van der Waals surface area contributed by atoms with Crippen LogP contribution in [0.15, 0.2) is 55.1 Å². The minimum Gasteiger partial charge on any atom is -0.461 e. The number of carbonyl (C=O) groups is 1. The normalized spacial score (nSPS) is 11.1. The number of rotatable bonds is 3. The smallest absolute Gasteiger partial charge is 0.363 e. The van der Waals surface area contributed by atoms with Gasteiger partial charge in [-0.3, -0.25) is 0 Å². The maximum Gasteiger partial charge on any atom is 0.363 e. The molecule has 0 unspecified atom stereocenters. The van der Waals surface area contributed by atoms with Gasteiger partial charge in [0, 0.05) is 30.6 Å². The molecule has 0 saturated carbocycles. The molecular weight excluding hydrogens is 316 g/mol. The first-order valence-electron chi connectivity index (χ1n) is 8.07. The van der Waals surface area contributed by atoms with Crippen molar-refractivity contribution in [1.29, 1.82) is 0 Å². The fraction of sp³-hybridized carbons (Fsp3) is 0.158. The zero-order valence-electron chi connectivity index (χ0n) is 14.0. The maximum absolute atomic E-state index is 12.4. The van der Waals surface area contributed by atoms with E-state index in [9.17, 15) is 4.79 Å². The fourth-order valence-corrected chi connectivity index (χ4v) is 2.89. The lowest BCUT2D eigenvalue weighted by atomic mass is 10.1. The van der Waals surface area contributed by atoms with Crippen LogP contribution in [-0.4, -0.2) is 27.1 Å². The molecule has 0 aliphatic rings. The second-order valence-corrected chi connectivity index (χ2v) is 5.75. The summed E-state index contributed by atoms with van der Waals surface area (Å²) in [6, 6.07) is 11.6. The van der Waals surface area contributed by atoms with Crippen molar-refractivity contribution in [3.8, 4) is 5.69 Å². The van der Waals surface area contributed by atoms with E-state index in [2.05, 4.69) is 9.97 Å². The molecule has 0 atom stereocenters. The number of imidazole rings is 1. The molecule has 0 spiro atoms. The molecular formula is C19H17N4O2+. The quantitative estimate of drug-likeness (QED) is 0.427. The summed E-state index contributed by atoms with van der Waals surface area (Å²) in [5.41, 5.74) is 3.58. The summed E-state index contributed by atoms with van der Waals surface area (Å²) in [6.07, 6.45) is 5.53. The number of nitrogens with zero attached hydrogens (tertiary/aromatic N) is 4. The molecule has 4 rings (SSSR count). The van der Waals surface area contributed by atoms with Crippen LogP contribution in [0.4, 0.5) is 0 Å². The first kappa shape index (κ1) is 15.3. The molecule has 3 heterocycles. The number of ether oxygens (including phenoxy) is 1. The Morgan fingerprint density at radius 1 is 1.16 bits per heavy atom. The van der Waals surface area contributed by atoms with Crippen LogP contribution >= 0.6 is 0 Å². The van der Waals surface area contributed by atoms with Gasteiger partial charge in [-0.2, -0.15) is 4.57 Å². The zero-order chi connectivity index (χ0) is 17.4. The van der Waals surface area contributed by atoms with Crippen LogP contribution in [0.2, 0.25) is 0 Å². The first-order chi connectivity index (χ1) is 12.2. The SMILES string of the molecule is CCOC(=O)c1nc2cc3c(cc2cc1-[n+]1ccccc1)ncn3C. The van der Waals surface area contributed by atoms with Crippen molar-refractivity contribution >= 4 is 27.9 Å². The Kier molecular flexibility index (Phi) is 3.65. The molecule has 0 N–H and O–H groups in total. The average Bonchev–Trinajstić information content (AvgIpc) is 3.00. The van der Waals surface area contributed by atoms with Gasteiger partial charge in [0.25, 0.3) is 0 Å². The number of pyridine rings is 2. The molecule has 0 fully saturated rings. The Hall–Kier alpha value is -3.28. The molecule has 25 heavy (non-hydrogen) atoms. The molecule has 0 radical (unpaired) electrons. The third-order valence-corrected chi connectivity index (χ3v) is 4.10. The average molecular weight is 333 g/mol. The summed E-state index contributed by atoms with van der Waals surface area (Å²) in [4.78, 5) is 21.4. The van der Waals surface area contributed by atoms with Gasteiger partial charge in [-0.05, 0) is 19.1 Å². The predicted octanol–water partition coefficient (Wildman–Crippen LogP) is 2.57. The Labute approximate surface area is 144 Å². The van der Waals surface area contributed by atoms with Crippen molar-refractivity contribution in [2.75, 3.05) is 6.61 Å². The number of aryl methyl sites for hydroxylation is 1. The van der Waals surface area contributed by atoms with E-state index >= 15 is 0 Å². The Bertz CT molecular complexity index is 1090. The number of benzene rings is 1. The van der Waals surface area contributed by atoms with Gasteiger partial charge in [-0.15, -0.1) is 0 Å². The molecule has 0 bridgehead atoms. The highest BCUT2D eigenvalue weighted by molar-refractivity contribution is 5.98. The van der Waals surface area contributed by atoms with E-state index < -0.39 is 5.97 Å². The largest absolute Gasteiger partial charge is 0.461 e. The highest BCUT2D eigenvalue weighted by atomic mass is 16.5. The van der Waals surface area contributed by atoms with Crippen LogP contribution < -0.4 is 4.57 Å². The van der Waals surface area contributed by atoms with Gasteiger partial charge >= 0.3 is 5.97 Å². The fourth-order valence-electron chi connectivity index (χ4n) is 2.89. The van der Waals surface area contributed by atoms with Crippen molar-refractivity contribution in [2.24, 2.45) is 7.05 Å². The highest BCUT2D eigenvalue weighted by Gasteiger charge is 2.23. The molecule has 4 aromatic rings. The third kappa shape index (κ3) is 2.61. The summed E-state index contributed by atoms with van der Waals surface area (Å²) in [5, 5.41) is 0.922. The number of aromatic nitrogens is 4. The number of esters is 1. The standard InChI is InChI=1S/C19H17N4O2/c1-3-25-19(24)18-17(23-7-5-4-6-8-23)10-13-9-15-16(11-14(13)21-18)22(2)12-20-15/h4-12H,3H2,1-2H3/q+1. The summed E-state index contributed by atoms with van der Waals surface area (Å²) in [5.74, 6) is -0.430. The molecule has 0 amide bonds.